The Kier molecular flexibility index (Phi) is 3.48. The van der Waals surface area contributed by atoms with E-state index in [1.807, 2.05) is 0 Å². The Bertz CT molecular complexity index is 733. The molecule has 0 spiro atoms. The Balaban J connectivity index is 1.74. The van der Waals surface area contributed by atoms with Gasteiger partial charge in [0.2, 0.25) is 0 Å². The average Bonchev–Trinajstić information content (AvgIpc) is 3.23. The van der Waals surface area contributed by atoms with Crippen molar-refractivity contribution >= 4 is 17.5 Å². The van der Waals surface area contributed by atoms with Crippen molar-refractivity contribution in [3.8, 4) is 5.75 Å². The number of nitrogens with one attached hydrogen (secondary N) is 1. The van der Waals surface area contributed by atoms with Crippen molar-refractivity contribution in [1.29, 1.82) is 0 Å². The molecule has 22 heavy (non-hydrogen) atoms. The van der Waals surface area contributed by atoms with Crippen LogP contribution in [0.25, 0.3) is 5.65 Å². The fourth-order valence-electron chi connectivity index (χ4n) is 2.42. The number of carbonyl (C=O) groups is 2. The monoisotopic (exact) mass is 303 g/mol. The molecule has 0 aromatic carbocycles. The van der Waals surface area contributed by atoms with Crippen molar-refractivity contribution in [2.75, 3.05) is 20.8 Å². The number of aromatic nitrogens is 2. The van der Waals surface area contributed by atoms with E-state index in [-0.39, 0.29) is 18.4 Å². The number of fused-ring (bicyclic) bond motifs is 1. The number of ether oxygens (including phenoxy) is 2. The molecule has 7 heteroatoms. The molecular formula is C15H17N3O4. The van der Waals surface area contributed by atoms with Crippen LogP contribution in [0, 0.1) is 5.41 Å². The molecular weight excluding hydrogens is 286 g/mol. The number of hydrogen-bond donors (Lipinski definition) is 1. The number of methoxy groups -OCH3 is 2. The van der Waals surface area contributed by atoms with Crippen molar-refractivity contribution in [1.82, 2.24) is 14.7 Å². The van der Waals surface area contributed by atoms with E-state index in [0.717, 1.165) is 12.8 Å². The van der Waals surface area contributed by atoms with Crippen molar-refractivity contribution in [2.45, 2.75) is 12.8 Å². The molecule has 7 nitrogen and oxygen atoms in total. The van der Waals surface area contributed by atoms with E-state index in [0.29, 0.717) is 17.1 Å². The van der Waals surface area contributed by atoms with Gasteiger partial charge >= 0.3 is 5.97 Å². The lowest BCUT2D eigenvalue weighted by Crippen LogP contribution is -2.35. The van der Waals surface area contributed by atoms with Gasteiger partial charge in [-0.2, -0.15) is 0 Å². The van der Waals surface area contributed by atoms with Gasteiger partial charge in [0.1, 0.15) is 17.1 Å². The lowest BCUT2D eigenvalue weighted by Gasteiger charge is -2.13. The van der Waals surface area contributed by atoms with E-state index in [1.54, 1.807) is 29.8 Å². The van der Waals surface area contributed by atoms with Crippen molar-refractivity contribution in [3.05, 3.63) is 30.2 Å². The van der Waals surface area contributed by atoms with Crippen LogP contribution in [0.2, 0.25) is 0 Å². The minimum absolute atomic E-state index is 0.268. The van der Waals surface area contributed by atoms with Crippen LogP contribution in [-0.4, -0.2) is 42.0 Å². The highest BCUT2D eigenvalue weighted by Crippen LogP contribution is 2.46. The summed E-state index contributed by atoms with van der Waals surface area (Å²) in [6.45, 7) is 0.280. The highest BCUT2D eigenvalue weighted by atomic mass is 16.5. The number of esters is 1. The van der Waals surface area contributed by atoms with Crippen molar-refractivity contribution in [3.63, 3.8) is 0 Å². The Morgan fingerprint density at radius 1 is 1.41 bits per heavy atom. The predicted molar refractivity (Wildman–Crippen MR) is 77.8 cm³/mol. The van der Waals surface area contributed by atoms with Crippen LogP contribution >= 0.6 is 0 Å². The summed E-state index contributed by atoms with van der Waals surface area (Å²) >= 11 is 0. The maximum atomic E-state index is 12.3. The quantitative estimate of drug-likeness (QED) is 0.834. The Morgan fingerprint density at radius 3 is 2.82 bits per heavy atom. The fourth-order valence-corrected chi connectivity index (χ4v) is 2.42. The molecule has 0 atom stereocenters. The molecule has 1 N–H and O–H groups in total. The lowest BCUT2D eigenvalue weighted by molar-refractivity contribution is -0.146. The minimum atomic E-state index is -0.547. The number of hydrogen-bond acceptors (Lipinski definition) is 5. The molecule has 1 saturated carbocycles. The van der Waals surface area contributed by atoms with Gasteiger partial charge in [-0.05, 0) is 18.9 Å². The molecule has 116 valence electrons. The van der Waals surface area contributed by atoms with Gasteiger partial charge in [0.25, 0.3) is 5.91 Å². The number of amides is 1. The molecule has 1 amide bonds. The first-order chi connectivity index (χ1) is 10.6. The number of imidazole rings is 1. The number of pyridine rings is 1. The van der Waals surface area contributed by atoms with Crippen LogP contribution in [0.4, 0.5) is 0 Å². The summed E-state index contributed by atoms with van der Waals surface area (Å²) in [5, 5.41) is 2.79. The van der Waals surface area contributed by atoms with E-state index in [1.165, 1.54) is 13.3 Å². The summed E-state index contributed by atoms with van der Waals surface area (Å²) in [5.74, 6) is 0.135. The Morgan fingerprint density at radius 2 is 2.18 bits per heavy atom. The van der Waals surface area contributed by atoms with Gasteiger partial charge in [-0.1, -0.05) is 0 Å². The van der Waals surface area contributed by atoms with Crippen LogP contribution in [-0.2, 0) is 9.53 Å². The molecule has 0 bridgehead atoms. The zero-order chi connectivity index (χ0) is 15.7. The molecule has 1 aliphatic carbocycles. The van der Waals surface area contributed by atoms with Crippen LogP contribution in [0.1, 0.15) is 23.3 Å². The average molecular weight is 303 g/mol. The first kappa shape index (κ1) is 14.4. The zero-order valence-electron chi connectivity index (χ0n) is 12.5. The predicted octanol–water partition coefficient (Wildman–Crippen LogP) is 1.03. The van der Waals surface area contributed by atoms with E-state index < -0.39 is 5.41 Å². The maximum Gasteiger partial charge on any atom is 0.313 e. The van der Waals surface area contributed by atoms with E-state index in [2.05, 4.69) is 10.3 Å². The SMILES string of the molecule is COC(=O)C1(CNC(=O)c2cnc3cc(OC)ccn23)CC1. The second-order valence-corrected chi connectivity index (χ2v) is 5.39. The maximum absolute atomic E-state index is 12.3. The normalized spacial score (nSPS) is 15.4. The van der Waals surface area contributed by atoms with Crippen LogP contribution in [0.5, 0.6) is 5.75 Å². The standard InChI is InChI=1S/C15H17N3O4/c1-21-10-3-6-18-11(8-16-12(18)7-10)13(19)17-9-15(4-5-15)14(20)22-2/h3,6-8H,4-5,9H2,1-2H3,(H,17,19). The topological polar surface area (TPSA) is 81.9 Å². The van der Waals surface area contributed by atoms with Crippen molar-refractivity contribution < 1.29 is 19.1 Å². The Hall–Kier alpha value is -2.57. The largest absolute Gasteiger partial charge is 0.497 e. The fraction of sp³-hybridized carbons (Fsp3) is 0.400. The molecule has 2 aromatic rings. The van der Waals surface area contributed by atoms with Gasteiger partial charge in [0.15, 0.2) is 0 Å². The number of nitrogens with zero attached hydrogens (tertiary/aromatic N) is 2. The van der Waals surface area contributed by atoms with Gasteiger partial charge in [0.05, 0.1) is 25.8 Å². The molecule has 1 aliphatic rings. The van der Waals surface area contributed by atoms with Crippen LogP contribution in [0.3, 0.4) is 0 Å². The second kappa shape index (κ2) is 5.32. The lowest BCUT2D eigenvalue weighted by atomic mass is 10.1. The number of carbonyl (C=O) groups excluding carboxylic acids is 2. The molecule has 0 aliphatic heterocycles. The molecule has 3 rings (SSSR count). The summed E-state index contributed by atoms with van der Waals surface area (Å²) in [7, 11) is 2.94. The van der Waals surface area contributed by atoms with E-state index in [9.17, 15) is 9.59 Å². The summed E-state index contributed by atoms with van der Waals surface area (Å²) in [6.07, 6.45) is 4.71. The van der Waals surface area contributed by atoms with Gasteiger partial charge in [-0.25, -0.2) is 4.98 Å². The van der Waals surface area contributed by atoms with Gasteiger partial charge in [-0.3, -0.25) is 14.0 Å². The summed E-state index contributed by atoms with van der Waals surface area (Å²) in [4.78, 5) is 28.2. The highest BCUT2D eigenvalue weighted by molar-refractivity contribution is 5.94. The van der Waals surface area contributed by atoms with Gasteiger partial charge in [0, 0.05) is 18.8 Å². The Labute approximate surface area is 127 Å². The smallest absolute Gasteiger partial charge is 0.313 e. The second-order valence-electron chi connectivity index (χ2n) is 5.39. The van der Waals surface area contributed by atoms with Gasteiger partial charge < -0.3 is 14.8 Å². The number of rotatable bonds is 5. The third-order valence-electron chi connectivity index (χ3n) is 4.01. The molecule has 2 heterocycles. The summed E-state index contributed by atoms with van der Waals surface area (Å²) < 4.78 is 11.6. The molecule has 1 fully saturated rings. The highest BCUT2D eigenvalue weighted by Gasteiger charge is 2.51. The van der Waals surface area contributed by atoms with Crippen LogP contribution in [0.15, 0.2) is 24.5 Å². The molecule has 0 unspecified atom stereocenters. The van der Waals surface area contributed by atoms with Crippen molar-refractivity contribution in [2.24, 2.45) is 5.41 Å². The molecule has 0 radical (unpaired) electrons. The molecule has 0 saturated heterocycles. The van der Waals surface area contributed by atoms with Gasteiger partial charge in [-0.15, -0.1) is 0 Å². The van der Waals surface area contributed by atoms with E-state index >= 15 is 0 Å². The summed E-state index contributed by atoms with van der Waals surface area (Å²) in [6, 6.07) is 3.50. The first-order valence-corrected chi connectivity index (χ1v) is 6.97. The zero-order valence-corrected chi connectivity index (χ0v) is 12.5. The van der Waals surface area contributed by atoms with E-state index in [4.69, 9.17) is 9.47 Å². The third kappa shape index (κ3) is 2.38. The minimum Gasteiger partial charge on any atom is -0.497 e. The first-order valence-electron chi connectivity index (χ1n) is 6.97. The molecule has 2 aromatic heterocycles. The third-order valence-corrected chi connectivity index (χ3v) is 4.01. The van der Waals surface area contributed by atoms with Crippen LogP contribution < -0.4 is 10.1 Å². The summed E-state index contributed by atoms with van der Waals surface area (Å²) in [5.41, 5.74) is 0.491.